The summed E-state index contributed by atoms with van der Waals surface area (Å²) in [5, 5.41) is 8.45. The number of sulfonamides is 1. The topological polar surface area (TPSA) is 98.7 Å². The van der Waals surface area contributed by atoms with Gasteiger partial charge in [0.05, 0.1) is 11.4 Å². The molecule has 8 heteroatoms. The van der Waals surface area contributed by atoms with Gasteiger partial charge in [0.15, 0.2) is 0 Å². The molecule has 0 aliphatic carbocycles. The van der Waals surface area contributed by atoms with Gasteiger partial charge in [-0.25, -0.2) is 13.9 Å². The third kappa shape index (κ3) is 6.25. The molecule has 0 aliphatic rings. The number of anilines is 1. The van der Waals surface area contributed by atoms with Gasteiger partial charge in [-0.1, -0.05) is 30.2 Å². The Morgan fingerprint density at radius 1 is 1.25 bits per heavy atom. The van der Waals surface area contributed by atoms with E-state index in [0.717, 1.165) is 11.6 Å². The van der Waals surface area contributed by atoms with Crippen LogP contribution >= 0.6 is 0 Å². The largest absolute Gasteiger partial charge is 0.291 e. The molecule has 2 aromatic rings. The lowest BCUT2D eigenvalue weighted by molar-refractivity contribution is -0.124. The Hall–Kier alpha value is -3.12. The maximum absolute atomic E-state index is 12.6. The number of benzene rings is 2. The molecule has 3 N–H and O–H groups in total. The van der Waals surface area contributed by atoms with Crippen molar-refractivity contribution in [3.8, 4) is 12.3 Å². The monoisotopic (exact) mass is 399 g/mol. The number of rotatable bonds is 8. The summed E-state index contributed by atoms with van der Waals surface area (Å²) >= 11 is 0. The molecule has 0 heterocycles. The Balaban J connectivity index is 2.12. The first-order chi connectivity index (χ1) is 13.3. The summed E-state index contributed by atoms with van der Waals surface area (Å²) in [6.45, 7) is 1.10. The zero-order chi connectivity index (χ0) is 20.6. The van der Waals surface area contributed by atoms with Crippen LogP contribution in [0.1, 0.15) is 11.1 Å². The minimum Gasteiger partial charge on any atom is -0.291 e. The minimum atomic E-state index is -3.76. The lowest BCUT2D eigenvalue weighted by Crippen LogP contribution is -2.18. The number of hydroxylamine groups is 1. The summed E-state index contributed by atoms with van der Waals surface area (Å²) in [6, 6.07) is 13.1. The smallest absolute Gasteiger partial charge is 0.267 e. The van der Waals surface area contributed by atoms with Gasteiger partial charge in [-0.3, -0.25) is 19.6 Å². The Kier molecular flexibility index (Phi) is 7.35. The van der Waals surface area contributed by atoms with Gasteiger partial charge in [0.25, 0.3) is 15.9 Å². The van der Waals surface area contributed by atoms with E-state index in [0.29, 0.717) is 24.3 Å². The zero-order valence-corrected chi connectivity index (χ0v) is 16.1. The minimum absolute atomic E-state index is 0.0890. The van der Waals surface area contributed by atoms with Crippen molar-refractivity contribution < 1.29 is 18.4 Å². The average molecular weight is 399 g/mol. The number of hydrogen-bond acceptors (Lipinski definition) is 5. The highest BCUT2D eigenvalue weighted by Gasteiger charge is 2.14. The van der Waals surface area contributed by atoms with E-state index in [1.54, 1.807) is 30.3 Å². The van der Waals surface area contributed by atoms with Crippen LogP contribution in [0, 0.1) is 12.3 Å². The Bertz CT molecular complexity index is 993. The zero-order valence-electron chi connectivity index (χ0n) is 15.3. The highest BCUT2D eigenvalue weighted by Crippen LogP contribution is 2.19. The standard InChI is InChI=1S/C20H21N3O4S/c1-3-13-23(2)15-17-5-4-6-18(14-17)22-28(26,27)19-10-7-16(8-11-19)9-12-20(24)21-25/h1,4-12,14,22,25H,13,15H2,2H3,(H,21,24)/b12-9+. The van der Waals surface area contributed by atoms with Crippen molar-refractivity contribution in [1.29, 1.82) is 0 Å². The fourth-order valence-electron chi connectivity index (χ4n) is 2.44. The number of amides is 1. The van der Waals surface area contributed by atoms with E-state index >= 15 is 0 Å². The summed E-state index contributed by atoms with van der Waals surface area (Å²) in [7, 11) is -1.87. The van der Waals surface area contributed by atoms with Gasteiger partial charge < -0.3 is 0 Å². The van der Waals surface area contributed by atoms with Crippen molar-refractivity contribution in [2.75, 3.05) is 18.3 Å². The molecule has 0 unspecified atom stereocenters. The first-order valence-electron chi connectivity index (χ1n) is 8.30. The maximum Gasteiger partial charge on any atom is 0.267 e. The van der Waals surface area contributed by atoms with Crippen LogP contribution < -0.4 is 10.2 Å². The van der Waals surface area contributed by atoms with Gasteiger partial charge in [-0.2, -0.15) is 0 Å². The van der Waals surface area contributed by atoms with Gasteiger partial charge in [0.2, 0.25) is 0 Å². The van der Waals surface area contributed by atoms with Gasteiger partial charge in [-0.05, 0) is 48.5 Å². The molecular weight excluding hydrogens is 378 g/mol. The number of terminal acetylenes is 1. The Morgan fingerprint density at radius 2 is 1.96 bits per heavy atom. The number of nitrogens with zero attached hydrogens (tertiary/aromatic N) is 1. The molecule has 2 rings (SSSR count). The second kappa shape index (κ2) is 9.71. The van der Waals surface area contributed by atoms with E-state index < -0.39 is 15.9 Å². The number of carbonyl (C=O) groups is 1. The third-order valence-corrected chi connectivity index (χ3v) is 5.12. The lowest BCUT2D eigenvalue weighted by Gasteiger charge is -2.14. The van der Waals surface area contributed by atoms with Crippen molar-refractivity contribution in [3.63, 3.8) is 0 Å². The van der Waals surface area contributed by atoms with Gasteiger partial charge in [0.1, 0.15) is 0 Å². The number of carbonyl (C=O) groups excluding carboxylic acids is 1. The second-order valence-corrected chi connectivity index (χ2v) is 7.74. The van der Waals surface area contributed by atoms with E-state index in [1.807, 2.05) is 18.0 Å². The SMILES string of the molecule is C#CCN(C)Cc1cccc(NS(=O)(=O)c2ccc(/C=C/C(=O)NO)cc2)c1. The molecule has 0 aliphatic heterocycles. The summed E-state index contributed by atoms with van der Waals surface area (Å²) in [6.07, 6.45) is 7.87. The van der Waals surface area contributed by atoms with Crippen LogP contribution in [0.25, 0.3) is 6.08 Å². The lowest BCUT2D eigenvalue weighted by atomic mass is 10.2. The van der Waals surface area contributed by atoms with E-state index in [1.165, 1.54) is 23.7 Å². The second-order valence-electron chi connectivity index (χ2n) is 6.06. The fraction of sp³-hybridized carbons (Fsp3) is 0.150. The molecule has 0 saturated carbocycles. The third-order valence-electron chi connectivity index (χ3n) is 3.72. The van der Waals surface area contributed by atoms with Crippen LogP contribution in [-0.4, -0.2) is 38.0 Å². The van der Waals surface area contributed by atoms with Gasteiger partial charge >= 0.3 is 0 Å². The van der Waals surface area contributed by atoms with Gasteiger partial charge in [0, 0.05) is 18.3 Å². The molecule has 0 saturated heterocycles. The summed E-state index contributed by atoms with van der Waals surface area (Å²) < 4.78 is 27.8. The maximum atomic E-state index is 12.6. The molecule has 0 atom stereocenters. The van der Waals surface area contributed by atoms with Crippen LogP contribution in [-0.2, 0) is 21.4 Å². The van der Waals surface area contributed by atoms with Crippen LogP contribution in [0.4, 0.5) is 5.69 Å². The van der Waals surface area contributed by atoms with Crippen LogP contribution in [0.2, 0.25) is 0 Å². The van der Waals surface area contributed by atoms with E-state index in [9.17, 15) is 13.2 Å². The summed E-state index contributed by atoms with van der Waals surface area (Å²) in [5.41, 5.74) is 3.47. The van der Waals surface area contributed by atoms with E-state index in [2.05, 4.69) is 10.6 Å². The van der Waals surface area contributed by atoms with Crippen LogP contribution in [0.3, 0.4) is 0 Å². The number of nitrogens with one attached hydrogen (secondary N) is 2. The average Bonchev–Trinajstić information content (AvgIpc) is 2.66. The molecule has 0 spiro atoms. The van der Waals surface area contributed by atoms with Crippen molar-refractivity contribution in [2.45, 2.75) is 11.4 Å². The van der Waals surface area contributed by atoms with Crippen molar-refractivity contribution >= 4 is 27.7 Å². The van der Waals surface area contributed by atoms with Crippen LogP contribution in [0.5, 0.6) is 0 Å². The molecule has 2 aromatic carbocycles. The Morgan fingerprint density at radius 3 is 2.61 bits per heavy atom. The molecule has 146 valence electrons. The van der Waals surface area contributed by atoms with Gasteiger partial charge in [-0.15, -0.1) is 6.42 Å². The van der Waals surface area contributed by atoms with Crippen molar-refractivity contribution in [2.24, 2.45) is 0 Å². The van der Waals surface area contributed by atoms with E-state index in [4.69, 9.17) is 11.6 Å². The normalized spacial score (nSPS) is 11.4. The molecule has 0 aromatic heterocycles. The van der Waals surface area contributed by atoms with Crippen LogP contribution in [0.15, 0.2) is 59.5 Å². The summed E-state index contributed by atoms with van der Waals surface area (Å²) in [4.78, 5) is 13.0. The fourth-order valence-corrected chi connectivity index (χ4v) is 3.49. The molecule has 28 heavy (non-hydrogen) atoms. The predicted octanol–water partition coefficient (Wildman–Crippen LogP) is 2.07. The molecular formula is C20H21N3O4S. The van der Waals surface area contributed by atoms with Crippen molar-refractivity contribution in [3.05, 3.63) is 65.7 Å². The van der Waals surface area contributed by atoms with Crippen molar-refractivity contribution in [1.82, 2.24) is 10.4 Å². The highest BCUT2D eigenvalue weighted by molar-refractivity contribution is 7.92. The molecule has 0 bridgehead atoms. The molecule has 0 radical (unpaired) electrons. The predicted molar refractivity (Wildman–Crippen MR) is 108 cm³/mol. The quantitative estimate of drug-likeness (QED) is 0.273. The first-order valence-corrected chi connectivity index (χ1v) is 9.78. The number of hydrogen-bond donors (Lipinski definition) is 3. The molecule has 0 fully saturated rings. The molecule has 7 nitrogen and oxygen atoms in total. The van der Waals surface area contributed by atoms with E-state index in [-0.39, 0.29) is 4.90 Å². The highest BCUT2D eigenvalue weighted by atomic mass is 32.2. The molecule has 1 amide bonds. The first kappa shape index (κ1) is 21.2. The Labute approximate surface area is 164 Å². The summed E-state index contributed by atoms with van der Waals surface area (Å²) in [5.74, 6) is 1.89.